The molecule has 1 fully saturated rings. The van der Waals surface area contributed by atoms with Crippen LogP contribution in [0.5, 0.6) is 0 Å². The van der Waals surface area contributed by atoms with Crippen molar-refractivity contribution in [2.24, 2.45) is 7.05 Å². The van der Waals surface area contributed by atoms with Crippen molar-refractivity contribution in [1.29, 1.82) is 0 Å². The Balaban J connectivity index is 2.33. The molecule has 102 valence electrons. The molecule has 4 nitrogen and oxygen atoms in total. The normalized spacial score (nSPS) is 16.4. The Morgan fingerprint density at radius 3 is 2.61 bits per heavy atom. The molecule has 1 N–H and O–H groups in total. The Morgan fingerprint density at radius 2 is 2.06 bits per heavy atom. The maximum atomic E-state index is 4.60. The van der Waals surface area contributed by atoms with Crippen LogP contribution in [0.25, 0.3) is 0 Å². The van der Waals surface area contributed by atoms with E-state index < -0.39 is 0 Å². The maximum absolute atomic E-state index is 4.60. The van der Waals surface area contributed by atoms with E-state index in [1.165, 1.54) is 37.1 Å². The minimum Gasteiger partial charge on any atom is -0.354 e. The van der Waals surface area contributed by atoms with Gasteiger partial charge in [0.25, 0.3) is 0 Å². The summed E-state index contributed by atoms with van der Waals surface area (Å²) < 4.78 is 2.06. The molecule has 0 amide bonds. The van der Waals surface area contributed by atoms with E-state index in [0.29, 0.717) is 6.04 Å². The molecular weight excluding hydrogens is 224 g/mol. The summed E-state index contributed by atoms with van der Waals surface area (Å²) in [6.07, 6.45) is 5.41. The summed E-state index contributed by atoms with van der Waals surface area (Å²) in [6, 6.07) is 0.709. The molecule has 1 aromatic rings. The fourth-order valence-electron chi connectivity index (χ4n) is 3.23. The number of nitrogens with zero attached hydrogens (tertiary/aromatic N) is 3. The van der Waals surface area contributed by atoms with E-state index in [0.717, 1.165) is 18.8 Å². The monoisotopic (exact) mass is 250 g/mol. The second kappa shape index (κ2) is 5.74. The van der Waals surface area contributed by atoms with Gasteiger partial charge in [-0.15, -0.1) is 0 Å². The molecule has 1 heterocycles. The number of aryl methyl sites for hydroxylation is 2. The van der Waals surface area contributed by atoms with Crippen LogP contribution < -0.4 is 10.2 Å². The molecule has 4 heteroatoms. The molecule has 0 unspecified atom stereocenters. The molecule has 0 spiro atoms. The van der Waals surface area contributed by atoms with Gasteiger partial charge in [-0.2, -0.15) is 5.10 Å². The van der Waals surface area contributed by atoms with Crippen LogP contribution in [-0.2, 0) is 13.6 Å². The van der Waals surface area contributed by atoms with Gasteiger partial charge in [0.05, 0.1) is 5.69 Å². The van der Waals surface area contributed by atoms with E-state index >= 15 is 0 Å². The summed E-state index contributed by atoms with van der Waals surface area (Å²) in [7, 11) is 4.07. The lowest BCUT2D eigenvalue weighted by atomic mass is 10.1. The number of nitrogens with one attached hydrogen (secondary N) is 1. The summed E-state index contributed by atoms with van der Waals surface area (Å²) in [4.78, 5) is 2.56. The number of anilines is 1. The Labute approximate surface area is 110 Å². The summed E-state index contributed by atoms with van der Waals surface area (Å²) in [5.41, 5.74) is 2.51. The second-order valence-electron chi connectivity index (χ2n) is 5.27. The lowest BCUT2D eigenvalue weighted by Gasteiger charge is -2.30. The lowest BCUT2D eigenvalue weighted by Crippen LogP contribution is -2.35. The predicted molar refractivity (Wildman–Crippen MR) is 76.0 cm³/mol. The summed E-state index contributed by atoms with van der Waals surface area (Å²) >= 11 is 0. The number of aromatic nitrogens is 2. The molecule has 0 aromatic carbocycles. The van der Waals surface area contributed by atoms with E-state index in [9.17, 15) is 0 Å². The van der Waals surface area contributed by atoms with E-state index in [-0.39, 0.29) is 0 Å². The third-order valence-corrected chi connectivity index (χ3v) is 4.04. The number of hydrogen-bond donors (Lipinski definition) is 1. The lowest BCUT2D eigenvalue weighted by molar-refractivity contribution is 0.588. The van der Waals surface area contributed by atoms with Crippen LogP contribution >= 0.6 is 0 Å². The van der Waals surface area contributed by atoms with Gasteiger partial charge in [0.1, 0.15) is 5.82 Å². The molecule has 18 heavy (non-hydrogen) atoms. The minimum absolute atomic E-state index is 0.709. The van der Waals surface area contributed by atoms with Gasteiger partial charge in [0.2, 0.25) is 0 Å². The van der Waals surface area contributed by atoms with Gasteiger partial charge in [-0.3, -0.25) is 4.68 Å². The average Bonchev–Trinajstić information content (AvgIpc) is 2.94. The van der Waals surface area contributed by atoms with Crippen molar-refractivity contribution in [3.05, 3.63) is 11.3 Å². The molecule has 0 aliphatic heterocycles. The first kappa shape index (κ1) is 13.4. The van der Waals surface area contributed by atoms with Crippen LogP contribution in [0.3, 0.4) is 0 Å². The third kappa shape index (κ3) is 2.39. The molecule has 0 radical (unpaired) electrons. The highest BCUT2D eigenvalue weighted by Crippen LogP contribution is 2.31. The van der Waals surface area contributed by atoms with Crippen molar-refractivity contribution in [3.8, 4) is 0 Å². The highest BCUT2D eigenvalue weighted by molar-refractivity contribution is 5.51. The average molecular weight is 250 g/mol. The maximum Gasteiger partial charge on any atom is 0.131 e. The summed E-state index contributed by atoms with van der Waals surface area (Å²) in [6.45, 7) is 6.33. The van der Waals surface area contributed by atoms with Gasteiger partial charge in [-0.05, 0) is 33.7 Å². The Morgan fingerprint density at radius 1 is 1.39 bits per heavy atom. The molecule has 0 saturated heterocycles. The fourth-order valence-corrected chi connectivity index (χ4v) is 3.23. The van der Waals surface area contributed by atoms with E-state index in [1.807, 2.05) is 7.05 Å². The zero-order chi connectivity index (χ0) is 13.1. The van der Waals surface area contributed by atoms with Gasteiger partial charge in [-0.25, -0.2) is 0 Å². The summed E-state index contributed by atoms with van der Waals surface area (Å²) in [5, 5.41) is 7.87. The first-order valence-electron chi connectivity index (χ1n) is 7.12. The molecule has 1 aliphatic carbocycles. The fraction of sp³-hybridized carbons (Fsp3) is 0.786. The van der Waals surface area contributed by atoms with E-state index in [2.05, 4.69) is 40.9 Å². The highest BCUT2D eigenvalue weighted by atomic mass is 15.4. The first-order chi connectivity index (χ1) is 8.69. The Bertz CT molecular complexity index is 391. The highest BCUT2D eigenvalue weighted by Gasteiger charge is 2.26. The van der Waals surface area contributed by atoms with Crippen LogP contribution in [0.2, 0.25) is 0 Å². The van der Waals surface area contributed by atoms with Crippen LogP contribution in [0.1, 0.15) is 43.9 Å². The number of hydrogen-bond acceptors (Lipinski definition) is 3. The smallest absolute Gasteiger partial charge is 0.131 e. The quantitative estimate of drug-likeness (QED) is 0.870. The predicted octanol–water partition coefficient (Wildman–Crippen LogP) is 2.22. The largest absolute Gasteiger partial charge is 0.354 e. The van der Waals surface area contributed by atoms with Crippen molar-refractivity contribution in [2.45, 2.75) is 52.1 Å². The summed E-state index contributed by atoms with van der Waals surface area (Å²) in [5.74, 6) is 1.32. The molecular formula is C14H26N4. The van der Waals surface area contributed by atoms with E-state index in [4.69, 9.17) is 0 Å². The van der Waals surface area contributed by atoms with Crippen molar-refractivity contribution in [2.75, 3.05) is 18.5 Å². The molecule has 0 atom stereocenters. The van der Waals surface area contributed by atoms with Gasteiger partial charge in [-0.1, -0.05) is 12.8 Å². The van der Waals surface area contributed by atoms with Gasteiger partial charge in [0.15, 0.2) is 0 Å². The molecule has 1 aliphatic rings. The van der Waals surface area contributed by atoms with Gasteiger partial charge < -0.3 is 10.2 Å². The van der Waals surface area contributed by atoms with Crippen molar-refractivity contribution in [3.63, 3.8) is 0 Å². The molecule has 1 aromatic heterocycles. The van der Waals surface area contributed by atoms with Crippen LogP contribution in [0.4, 0.5) is 5.82 Å². The first-order valence-corrected chi connectivity index (χ1v) is 7.12. The standard InChI is InChI=1S/C14H26N4/c1-5-18(12-8-6-7-9-12)14-13(10-15-3)11(2)16-17(14)4/h12,15H,5-10H2,1-4H3. The van der Waals surface area contributed by atoms with E-state index in [1.54, 1.807) is 0 Å². The molecule has 0 bridgehead atoms. The zero-order valence-corrected chi connectivity index (χ0v) is 12.2. The number of rotatable bonds is 5. The second-order valence-corrected chi connectivity index (χ2v) is 5.27. The molecule has 1 saturated carbocycles. The van der Waals surface area contributed by atoms with Gasteiger partial charge in [0, 0.05) is 31.7 Å². The van der Waals surface area contributed by atoms with Crippen LogP contribution in [0, 0.1) is 6.92 Å². The molecule has 2 rings (SSSR count). The minimum atomic E-state index is 0.709. The Kier molecular flexibility index (Phi) is 4.27. The SMILES string of the molecule is CCN(c1c(CNC)c(C)nn1C)C1CCCC1. The Hall–Kier alpha value is -1.03. The third-order valence-electron chi connectivity index (χ3n) is 4.04. The van der Waals surface area contributed by atoms with Crippen molar-refractivity contribution in [1.82, 2.24) is 15.1 Å². The van der Waals surface area contributed by atoms with Crippen molar-refractivity contribution >= 4 is 5.82 Å². The van der Waals surface area contributed by atoms with Gasteiger partial charge >= 0.3 is 0 Å². The zero-order valence-electron chi connectivity index (χ0n) is 12.2. The topological polar surface area (TPSA) is 33.1 Å². The van der Waals surface area contributed by atoms with Crippen LogP contribution in [0.15, 0.2) is 0 Å². The van der Waals surface area contributed by atoms with Crippen molar-refractivity contribution < 1.29 is 0 Å². The van der Waals surface area contributed by atoms with Crippen LogP contribution in [-0.4, -0.2) is 29.4 Å².